The van der Waals surface area contributed by atoms with E-state index in [2.05, 4.69) is 0 Å². The molecule has 0 fully saturated rings. The van der Waals surface area contributed by atoms with Gasteiger partial charge in [0.1, 0.15) is 0 Å². The molecular formula is C4H6LaN2NiO12+. The number of carboxylic acids is 2. The van der Waals surface area contributed by atoms with Crippen molar-refractivity contribution in [2.75, 3.05) is 13.2 Å². The van der Waals surface area contributed by atoms with E-state index in [1.54, 1.807) is 0 Å². The number of aliphatic hydroxyl groups is 2. The second kappa shape index (κ2) is 30.8. The molecule has 0 aliphatic carbocycles. The summed E-state index contributed by atoms with van der Waals surface area (Å²) < 4.78 is 0. The molecule has 0 saturated heterocycles. The Morgan fingerprint density at radius 3 is 0.900 bits per heavy atom. The van der Waals surface area contributed by atoms with Gasteiger partial charge in [-0.15, -0.1) is 0 Å². The maximum Gasteiger partial charge on any atom is 3.00 e. The number of carbonyl (C=O) groups excluding carboxylic acids is 2. The smallest absolute Gasteiger partial charge is 0.543 e. The first kappa shape index (κ1) is 36.4. The second-order valence-corrected chi connectivity index (χ2v) is 1.47. The maximum atomic E-state index is 8.93. The third-order valence-electron chi connectivity index (χ3n) is 0.267. The van der Waals surface area contributed by atoms with E-state index in [0.717, 1.165) is 0 Å². The van der Waals surface area contributed by atoms with E-state index in [1.807, 2.05) is 0 Å². The third-order valence-corrected chi connectivity index (χ3v) is 0.267. The summed E-state index contributed by atoms with van der Waals surface area (Å²) in [5.41, 5.74) is 0. The Morgan fingerprint density at radius 1 is 0.800 bits per heavy atom. The quantitative estimate of drug-likeness (QED) is 0.158. The van der Waals surface area contributed by atoms with Crippen LogP contribution in [0.3, 0.4) is 0 Å². The van der Waals surface area contributed by atoms with Crippen LogP contribution in [0.5, 0.6) is 0 Å². The van der Waals surface area contributed by atoms with Gasteiger partial charge < -0.3 is 60.7 Å². The molecule has 0 saturated carbocycles. The monoisotopic (exact) mass is 471 g/mol. The number of aliphatic hydroxyl groups excluding tert-OH is 2. The van der Waals surface area contributed by atoms with Crippen molar-refractivity contribution in [1.29, 1.82) is 0 Å². The fraction of sp³-hybridized carbons (Fsp3) is 0.500. The van der Waals surface area contributed by atoms with Crippen LogP contribution in [-0.2, 0) is 26.1 Å². The van der Waals surface area contributed by atoms with Crippen LogP contribution in [0.15, 0.2) is 0 Å². The summed E-state index contributed by atoms with van der Waals surface area (Å²) in [6.45, 7) is -0.250. The van der Waals surface area contributed by atoms with Crippen LogP contribution in [0.1, 0.15) is 0 Å². The SMILES string of the molecule is O=C([O-])C(=O)[O-].O=[N+]([O-])[O-].O=[N+]([O-])[O-].OCCO.[La+3].[Ni+2]. The van der Waals surface area contributed by atoms with Gasteiger partial charge >= 0.3 is 52.1 Å². The standard InChI is InChI=1S/C2H2O4.C2H6O2.La.2NO3.Ni/c3-1(4)2(5)6;3-1-2-4;;2*2-1(3)4;/h(H,3,4)(H,5,6);3-4H,1-2H2;;;;/q;;+3;2*-1;+2/p-2. The molecule has 0 rings (SSSR count). The number of hydrogen-bond donors (Lipinski definition) is 2. The summed E-state index contributed by atoms with van der Waals surface area (Å²) in [6.07, 6.45) is 0. The number of hydrogen-bond acceptors (Lipinski definition) is 12. The van der Waals surface area contributed by atoms with E-state index in [0.29, 0.717) is 0 Å². The Kier molecular flexibility index (Phi) is 56.0. The summed E-state index contributed by atoms with van der Waals surface area (Å²) in [5, 5.41) is 62.6. The molecule has 116 valence electrons. The molecule has 0 spiro atoms. The summed E-state index contributed by atoms with van der Waals surface area (Å²) in [7, 11) is 0. The predicted octanol–water partition coefficient (Wildman–Crippen LogP) is -5.02. The number of carboxylic acid groups (broad SMARTS) is 2. The van der Waals surface area contributed by atoms with Crippen molar-refractivity contribution in [1.82, 2.24) is 0 Å². The van der Waals surface area contributed by atoms with Gasteiger partial charge in [0.2, 0.25) is 0 Å². The number of carbonyl (C=O) groups is 2. The van der Waals surface area contributed by atoms with Gasteiger partial charge in [-0.3, -0.25) is 0 Å². The molecule has 0 aromatic carbocycles. The molecule has 16 heteroatoms. The first-order chi connectivity index (χ1) is 8.02. The predicted molar refractivity (Wildman–Crippen MR) is 44.9 cm³/mol. The van der Waals surface area contributed by atoms with Gasteiger partial charge in [0, 0.05) is 0 Å². The first-order valence-corrected chi connectivity index (χ1v) is 3.29. The Morgan fingerprint density at radius 2 is 0.900 bits per heavy atom. The summed E-state index contributed by atoms with van der Waals surface area (Å²) in [5.74, 6) is -4.37. The molecule has 0 bridgehead atoms. The van der Waals surface area contributed by atoms with Crippen LogP contribution < -0.4 is 10.2 Å². The van der Waals surface area contributed by atoms with Crippen molar-refractivity contribution in [2.45, 2.75) is 0 Å². The van der Waals surface area contributed by atoms with E-state index in [1.165, 1.54) is 0 Å². The molecule has 0 aromatic heterocycles. The Hall–Kier alpha value is -1.05. The minimum absolute atomic E-state index is 0. The average Bonchev–Trinajstić information content (AvgIpc) is 2.16. The molecule has 2 N–H and O–H groups in total. The van der Waals surface area contributed by atoms with Crippen molar-refractivity contribution in [2.24, 2.45) is 0 Å². The molecule has 0 aliphatic heterocycles. The van der Waals surface area contributed by atoms with Crippen LogP contribution in [0.2, 0.25) is 0 Å². The van der Waals surface area contributed by atoms with E-state index in [-0.39, 0.29) is 65.3 Å². The van der Waals surface area contributed by atoms with E-state index >= 15 is 0 Å². The van der Waals surface area contributed by atoms with Gasteiger partial charge in [0.05, 0.1) is 35.3 Å². The Bertz CT molecular complexity index is 228. The summed E-state index contributed by atoms with van der Waals surface area (Å²) in [4.78, 5) is 34.4. The maximum absolute atomic E-state index is 8.93. The van der Waals surface area contributed by atoms with Crippen LogP contribution in [0, 0.1) is 66.2 Å². The molecule has 0 radical (unpaired) electrons. The first-order valence-electron chi connectivity index (χ1n) is 3.29. The molecule has 0 atom stereocenters. The number of aliphatic carboxylic acids is 2. The van der Waals surface area contributed by atoms with E-state index < -0.39 is 22.1 Å². The molecule has 0 heterocycles. The van der Waals surface area contributed by atoms with Crippen molar-refractivity contribution in [3.8, 4) is 0 Å². The van der Waals surface area contributed by atoms with Gasteiger partial charge in [0.25, 0.3) is 0 Å². The average molecular weight is 472 g/mol. The zero-order chi connectivity index (χ0) is 15.7. The van der Waals surface area contributed by atoms with Crippen molar-refractivity contribution < 1.29 is 92.3 Å². The zero-order valence-electron chi connectivity index (χ0n) is 9.18. The van der Waals surface area contributed by atoms with Gasteiger partial charge in [-0.25, -0.2) is 0 Å². The normalized spacial score (nSPS) is 6.10. The van der Waals surface area contributed by atoms with Crippen LogP contribution in [0.25, 0.3) is 0 Å². The summed E-state index contributed by atoms with van der Waals surface area (Å²) >= 11 is 0. The number of rotatable bonds is 1. The number of nitrogens with zero attached hydrogens (tertiary/aromatic N) is 2. The van der Waals surface area contributed by atoms with Gasteiger partial charge in [0.15, 0.2) is 0 Å². The molecule has 20 heavy (non-hydrogen) atoms. The van der Waals surface area contributed by atoms with Crippen molar-refractivity contribution >= 4 is 11.9 Å². The Balaban J connectivity index is -0.0000000322. The zero-order valence-corrected chi connectivity index (χ0v) is 13.8. The fourth-order valence-electron chi connectivity index (χ4n) is 0. The molecule has 0 unspecified atom stereocenters. The van der Waals surface area contributed by atoms with E-state index in [9.17, 15) is 0 Å². The van der Waals surface area contributed by atoms with Crippen LogP contribution in [-0.4, -0.2) is 45.5 Å². The minimum atomic E-state index is -2.19. The minimum Gasteiger partial charge on any atom is -0.543 e. The third kappa shape index (κ3) is 277. The van der Waals surface area contributed by atoms with Gasteiger partial charge in [-0.05, 0) is 0 Å². The van der Waals surface area contributed by atoms with Crippen LogP contribution in [0.4, 0.5) is 0 Å². The van der Waals surface area contributed by atoms with Crippen LogP contribution >= 0.6 is 0 Å². The van der Waals surface area contributed by atoms with E-state index in [4.69, 9.17) is 60.7 Å². The van der Waals surface area contributed by atoms with Crippen molar-refractivity contribution in [3.05, 3.63) is 30.6 Å². The molecule has 0 aromatic rings. The molecule has 0 amide bonds. The molecule has 0 aliphatic rings. The molecular weight excluding hydrogens is 466 g/mol. The van der Waals surface area contributed by atoms with Gasteiger partial charge in [-0.2, -0.15) is 0 Å². The van der Waals surface area contributed by atoms with Gasteiger partial charge in [-0.1, -0.05) is 0 Å². The molecule has 14 nitrogen and oxygen atoms in total. The summed E-state index contributed by atoms with van der Waals surface area (Å²) in [6, 6.07) is 0. The second-order valence-electron chi connectivity index (χ2n) is 1.47. The fourth-order valence-corrected chi connectivity index (χ4v) is 0. The Labute approximate surface area is 147 Å². The van der Waals surface area contributed by atoms with Crippen molar-refractivity contribution in [3.63, 3.8) is 0 Å². The topological polar surface area (TPSA) is 253 Å². The largest absolute Gasteiger partial charge is 3.00 e.